The lowest BCUT2D eigenvalue weighted by Crippen LogP contribution is -2.65. The molecule has 1 aliphatic carbocycles. The normalized spacial score (nSPS) is 21.5. The van der Waals surface area contributed by atoms with Crippen LogP contribution >= 0.6 is 0 Å². The molecule has 37 heavy (non-hydrogen) atoms. The third kappa shape index (κ3) is 5.50. The van der Waals surface area contributed by atoms with E-state index >= 15 is 0 Å². The van der Waals surface area contributed by atoms with E-state index in [1.54, 1.807) is 16.4 Å². The van der Waals surface area contributed by atoms with Crippen molar-refractivity contribution in [1.82, 2.24) is 14.9 Å². The maximum atomic E-state index is 13.9. The molecule has 2 N–H and O–H groups in total. The van der Waals surface area contributed by atoms with Gasteiger partial charge in [-0.2, -0.15) is 4.31 Å². The van der Waals surface area contributed by atoms with Gasteiger partial charge in [-0.3, -0.25) is 9.59 Å². The van der Waals surface area contributed by atoms with E-state index in [2.05, 4.69) is 29.3 Å². The van der Waals surface area contributed by atoms with Gasteiger partial charge in [0.1, 0.15) is 0 Å². The standard InChI is InChI=1S/C29H37N3O4S/c1-6-26(33)30-22-18-28(2,3)32(29(4,5)19-22)37(35,36)23-16-14-21(15-17-23)27(34)31-25-13-9-11-20-10-7-8-12-24(20)25/h6-8,10,12,14-17,22,25H,1,9,11,13,18-19H2,2-5H3,(H,30,33)(H,31,34). The molecule has 2 aliphatic rings. The predicted molar refractivity (Wildman–Crippen MR) is 145 cm³/mol. The number of aryl methyl sites for hydroxylation is 1. The molecule has 4 rings (SSSR count). The second kappa shape index (κ2) is 10.1. The van der Waals surface area contributed by atoms with Crippen LogP contribution in [0.3, 0.4) is 0 Å². The van der Waals surface area contributed by atoms with Gasteiger partial charge < -0.3 is 10.6 Å². The van der Waals surface area contributed by atoms with Crippen LogP contribution in [0.15, 0.2) is 66.1 Å². The molecule has 2 aromatic carbocycles. The summed E-state index contributed by atoms with van der Waals surface area (Å²) in [4.78, 5) is 25.1. The first-order valence-electron chi connectivity index (χ1n) is 12.8. The number of amides is 2. The van der Waals surface area contributed by atoms with E-state index in [4.69, 9.17) is 0 Å². The minimum atomic E-state index is -3.88. The number of nitrogens with one attached hydrogen (secondary N) is 2. The zero-order chi connectivity index (χ0) is 27.0. The van der Waals surface area contributed by atoms with Gasteiger partial charge in [0, 0.05) is 22.7 Å². The Hall–Kier alpha value is -2.97. The molecule has 1 heterocycles. The number of fused-ring (bicyclic) bond motifs is 1. The molecular weight excluding hydrogens is 486 g/mol. The van der Waals surface area contributed by atoms with Crippen LogP contribution in [0, 0.1) is 0 Å². The van der Waals surface area contributed by atoms with Crippen LogP contribution in [0.1, 0.15) is 80.9 Å². The zero-order valence-corrected chi connectivity index (χ0v) is 22.9. The van der Waals surface area contributed by atoms with E-state index in [9.17, 15) is 18.0 Å². The fourth-order valence-electron chi connectivity index (χ4n) is 6.31. The summed E-state index contributed by atoms with van der Waals surface area (Å²) in [5.74, 6) is -0.483. The van der Waals surface area contributed by atoms with Gasteiger partial charge in [0.15, 0.2) is 0 Å². The third-order valence-electron chi connectivity index (χ3n) is 7.45. The smallest absolute Gasteiger partial charge is 0.251 e. The highest BCUT2D eigenvalue weighted by atomic mass is 32.2. The highest BCUT2D eigenvalue weighted by Crippen LogP contribution is 2.42. The second-order valence-electron chi connectivity index (χ2n) is 11.4. The lowest BCUT2D eigenvalue weighted by Gasteiger charge is -2.53. The number of piperidine rings is 1. The molecule has 1 unspecified atom stereocenters. The van der Waals surface area contributed by atoms with E-state index in [1.807, 2.05) is 39.8 Å². The Morgan fingerprint density at radius 1 is 0.973 bits per heavy atom. The molecule has 7 nitrogen and oxygen atoms in total. The summed E-state index contributed by atoms with van der Waals surface area (Å²) in [7, 11) is -3.88. The van der Waals surface area contributed by atoms with Gasteiger partial charge in [0.25, 0.3) is 5.91 Å². The number of sulfonamides is 1. The molecule has 8 heteroatoms. The summed E-state index contributed by atoms with van der Waals surface area (Å²) in [5, 5.41) is 6.05. The quantitative estimate of drug-likeness (QED) is 0.545. The van der Waals surface area contributed by atoms with E-state index in [0.717, 1.165) is 24.8 Å². The molecule has 2 amide bonds. The lowest BCUT2D eigenvalue weighted by molar-refractivity contribution is -0.118. The minimum absolute atomic E-state index is 0.0506. The van der Waals surface area contributed by atoms with Gasteiger partial charge in [-0.25, -0.2) is 8.42 Å². The van der Waals surface area contributed by atoms with Crippen molar-refractivity contribution in [3.63, 3.8) is 0 Å². The molecule has 0 radical (unpaired) electrons. The van der Waals surface area contributed by atoms with Crippen LogP contribution < -0.4 is 10.6 Å². The van der Waals surface area contributed by atoms with Gasteiger partial charge in [-0.05, 0) is 101 Å². The first-order valence-corrected chi connectivity index (χ1v) is 14.3. The Bertz CT molecular complexity index is 1280. The van der Waals surface area contributed by atoms with Crippen LogP contribution in [0.25, 0.3) is 0 Å². The summed E-state index contributed by atoms with van der Waals surface area (Å²) >= 11 is 0. The minimum Gasteiger partial charge on any atom is -0.350 e. The van der Waals surface area contributed by atoms with Crippen LogP contribution in [-0.4, -0.2) is 41.7 Å². The monoisotopic (exact) mass is 523 g/mol. The Balaban J connectivity index is 1.53. The maximum absolute atomic E-state index is 13.9. The molecule has 1 fully saturated rings. The molecule has 1 atom stereocenters. The first kappa shape index (κ1) is 27.1. The SMILES string of the molecule is C=CC(=O)NC1CC(C)(C)N(S(=O)(=O)c2ccc(C(=O)NC3CCCc4ccccc43)cc2)C(C)(C)C1. The van der Waals surface area contributed by atoms with Gasteiger partial charge in [0.2, 0.25) is 15.9 Å². The molecule has 1 saturated heterocycles. The van der Waals surface area contributed by atoms with E-state index in [1.165, 1.54) is 23.8 Å². The fourth-order valence-corrected chi connectivity index (χ4v) is 8.45. The Morgan fingerprint density at radius 2 is 1.59 bits per heavy atom. The van der Waals surface area contributed by atoms with Gasteiger partial charge in [-0.15, -0.1) is 0 Å². The molecule has 198 valence electrons. The molecular formula is C29H37N3O4S. The van der Waals surface area contributed by atoms with Crippen molar-refractivity contribution in [3.8, 4) is 0 Å². The first-order chi connectivity index (χ1) is 17.3. The number of hydrogen-bond acceptors (Lipinski definition) is 4. The predicted octanol–water partition coefficient (Wildman–Crippen LogP) is 4.51. The molecule has 2 aromatic rings. The van der Waals surface area contributed by atoms with Crippen molar-refractivity contribution in [1.29, 1.82) is 0 Å². The van der Waals surface area contributed by atoms with E-state index in [0.29, 0.717) is 18.4 Å². The van der Waals surface area contributed by atoms with Crippen LogP contribution in [0.2, 0.25) is 0 Å². The van der Waals surface area contributed by atoms with E-state index < -0.39 is 21.1 Å². The number of carbonyl (C=O) groups is 2. The van der Waals surface area contributed by atoms with Crippen LogP contribution in [-0.2, 0) is 21.2 Å². The van der Waals surface area contributed by atoms with Crippen LogP contribution in [0.5, 0.6) is 0 Å². The fraction of sp³-hybridized carbons (Fsp3) is 0.448. The van der Waals surface area contributed by atoms with Gasteiger partial charge in [0.05, 0.1) is 10.9 Å². The summed E-state index contributed by atoms with van der Waals surface area (Å²) < 4.78 is 29.3. The average Bonchev–Trinajstić information content (AvgIpc) is 2.82. The largest absolute Gasteiger partial charge is 0.350 e. The maximum Gasteiger partial charge on any atom is 0.251 e. The number of hydrogen-bond donors (Lipinski definition) is 2. The molecule has 0 spiro atoms. The van der Waals surface area contributed by atoms with E-state index in [-0.39, 0.29) is 28.8 Å². The summed E-state index contributed by atoms with van der Waals surface area (Å²) in [6, 6.07) is 14.1. The molecule has 0 bridgehead atoms. The molecule has 1 aliphatic heterocycles. The van der Waals surface area contributed by atoms with Crippen molar-refractivity contribution in [2.75, 3.05) is 0 Å². The Labute approximate surface area is 220 Å². The summed E-state index contributed by atoms with van der Waals surface area (Å²) in [5.41, 5.74) is 1.34. The third-order valence-corrected chi connectivity index (χ3v) is 9.79. The highest BCUT2D eigenvalue weighted by Gasteiger charge is 2.51. The number of carbonyl (C=O) groups excluding carboxylic acids is 2. The number of rotatable bonds is 6. The van der Waals surface area contributed by atoms with Crippen LogP contribution in [0.4, 0.5) is 0 Å². The lowest BCUT2D eigenvalue weighted by atomic mass is 9.79. The Kier molecular flexibility index (Phi) is 7.36. The van der Waals surface area contributed by atoms with Crippen molar-refractivity contribution < 1.29 is 18.0 Å². The van der Waals surface area contributed by atoms with Gasteiger partial charge >= 0.3 is 0 Å². The Morgan fingerprint density at radius 3 is 2.22 bits per heavy atom. The second-order valence-corrected chi connectivity index (χ2v) is 13.1. The average molecular weight is 524 g/mol. The van der Waals surface area contributed by atoms with Crippen molar-refractivity contribution in [3.05, 3.63) is 77.9 Å². The number of benzene rings is 2. The molecule has 0 aromatic heterocycles. The summed E-state index contributed by atoms with van der Waals surface area (Å²) in [6.45, 7) is 11.0. The summed E-state index contributed by atoms with van der Waals surface area (Å²) in [6.07, 6.45) is 5.08. The highest BCUT2D eigenvalue weighted by molar-refractivity contribution is 7.89. The molecule has 0 saturated carbocycles. The van der Waals surface area contributed by atoms with Crippen molar-refractivity contribution in [2.24, 2.45) is 0 Å². The topological polar surface area (TPSA) is 95.6 Å². The number of nitrogens with zero attached hydrogens (tertiary/aromatic N) is 1. The van der Waals surface area contributed by atoms with Crippen molar-refractivity contribution in [2.45, 2.75) is 87.9 Å². The van der Waals surface area contributed by atoms with Gasteiger partial charge in [-0.1, -0.05) is 30.8 Å². The zero-order valence-electron chi connectivity index (χ0n) is 22.1. The van der Waals surface area contributed by atoms with Crippen molar-refractivity contribution >= 4 is 21.8 Å².